The fourth-order valence-electron chi connectivity index (χ4n) is 4.65. The molecule has 2 atom stereocenters. The molecule has 0 radical (unpaired) electrons. The number of H-pyrrole nitrogens is 1. The molecular formula is C25H27ClN4O2. The molecule has 2 aromatic heterocycles. The van der Waals surface area contributed by atoms with E-state index in [1.54, 1.807) is 18.0 Å². The summed E-state index contributed by atoms with van der Waals surface area (Å²) in [7, 11) is 1.69. The van der Waals surface area contributed by atoms with Crippen LogP contribution in [0.4, 0.5) is 0 Å². The molecule has 1 aliphatic rings. The number of nitrogens with one attached hydrogen (secondary N) is 1. The largest absolute Gasteiger partial charge is 0.491 e. The van der Waals surface area contributed by atoms with Gasteiger partial charge in [-0.15, -0.1) is 5.10 Å². The van der Waals surface area contributed by atoms with Crippen molar-refractivity contribution in [2.24, 2.45) is 0 Å². The van der Waals surface area contributed by atoms with Crippen LogP contribution in [0.2, 0.25) is 5.02 Å². The SMILES string of the molecule is COC(COc1ccc(C2CCCCc3c2[nH]c2ccc(Cl)cc32)cc1)Cn1ccnn1. The first-order chi connectivity index (χ1) is 15.7. The zero-order chi connectivity index (χ0) is 21.9. The van der Waals surface area contributed by atoms with E-state index in [9.17, 15) is 0 Å². The average molecular weight is 451 g/mol. The van der Waals surface area contributed by atoms with Crippen LogP contribution in [0.1, 0.15) is 42.0 Å². The molecule has 0 aliphatic heterocycles. The van der Waals surface area contributed by atoms with Gasteiger partial charge in [-0.25, -0.2) is 4.68 Å². The van der Waals surface area contributed by atoms with Crippen molar-refractivity contribution < 1.29 is 9.47 Å². The lowest BCUT2D eigenvalue weighted by Crippen LogP contribution is -2.26. The summed E-state index contributed by atoms with van der Waals surface area (Å²) in [6, 6.07) is 14.6. The molecule has 6 nitrogen and oxygen atoms in total. The van der Waals surface area contributed by atoms with E-state index in [1.807, 2.05) is 12.3 Å². The van der Waals surface area contributed by atoms with Crippen LogP contribution in [0.3, 0.4) is 0 Å². The zero-order valence-corrected chi connectivity index (χ0v) is 18.9. The Balaban J connectivity index is 1.32. The molecule has 32 heavy (non-hydrogen) atoms. The highest BCUT2D eigenvalue weighted by Crippen LogP contribution is 2.39. The molecule has 4 aromatic rings. The quantitative estimate of drug-likeness (QED) is 0.385. The fourth-order valence-corrected chi connectivity index (χ4v) is 4.83. The molecule has 0 saturated heterocycles. The molecule has 5 rings (SSSR count). The van der Waals surface area contributed by atoms with Crippen LogP contribution in [-0.4, -0.2) is 39.8 Å². The van der Waals surface area contributed by atoms with Crippen molar-refractivity contribution in [1.29, 1.82) is 0 Å². The van der Waals surface area contributed by atoms with E-state index < -0.39 is 0 Å². The van der Waals surface area contributed by atoms with Gasteiger partial charge in [0.25, 0.3) is 0 Å². The van der Waals surface area contributed by atoms with Crippen LogP contribution in [0.5, 0.6) is 5.75 Å². The van der Waals surface area contributed by atoms with E-state index in [4.69, 9.17) is 21.1 Å². The Morgan fingerprint density at radius 1 is 1.19 bits per heavy atom. The lowest BCUT2D eigenvalue weighted by atomic mass is 9.91. The normalized spacial score (nSPS) is 17.1. The maximum atomic E-state index is 6.29. The average Bonchev–Trinajstić information content (AvgIpc) is 3.39. The summed E-state index contributed by atoms with van der Waals surface area (Å²) in [6.07, 6.45) is 8.03. The van der Waals surface area contributed by atoms with Gasteiger partial charge in [0.05, 0.1) is 12.7 Å². The summed E-state index contributed by atoms with van der Waals surface area (Å²) in [5.41, 5.74) is 5.23. The van der Waals surface area contributed by atoms with Gasteiger partial charge in [-0.2, -0.15) is 0 Å². The van der Waals surface area contributed by atoms with Gasteiger partial charge in [0.2, 0.25) is 0 Å². The number of aromatic nitrogens is 4. The topological polar surface area (TPSA) is 65.0 Å². The summed E-state index contributed by atoms with van der Waals surface area (Å²) in [4.78, 5) is 3.70. The monoisotopic (exact) mass is 450 g/mol. The third kappa shape index (κ3) is 4.38. The molecule has 2 heterocycles. The van der Waals surface area contributed by atoms with Gasteiger partial charge in [-0.05, 0) is 60.7 Å². The van der Waals surface area contributed by atoms with E-state index in [0.29, 0.717) is 19.1 Å². The number of aromatic amines is 1. The van der Waals surface area contributed by atoms with Gasteiger partial charge in [0.1, 0.15) is 18.5 Å². The maximum absolute atomic E-state index is 6.29. The molecule has 2 unspecified atom stereocenters. The van der Waals surface area contributed by atoms with E-state index in [2.05, 4.69) is 51.7 Å². The number of fused-ring (bicyclic) bond motifs is 3. The summed E-state index contributed by atoms with van der Waals surface area (Å²) < 4.78 is 13.3. The van der Waals surface area contributed by atoms with Crippen LogP contribution in [-0.2, 0) is 17.7 Å². The highest BCUT2D eigenvalue weighted by atomic mass is 35.5. The molecule has 0 bridgehead atoms. The van der Waals surface area contributed by atoms with E-state index in [1.165, 1.54) is 40.6 Å². The Hall–Kier alpha value is -2.83. The van der Waals surface area contributed by atoms with Gasteiger partial charge >= 0.3 is 0 Å². The number of halogens is 1. The Morgan fingerprint density at radius 2 is 2.06 bits per heavy atom. The first-order valence-corrected chi connectivity index (χ1v) is 11.5. The third-order valence-electron chi connectivity index (χ3n) is 6.33. The number of rotatable bonds is 7. The highest BCUT2D eigenvalue weighted by Gasteiger charge is 2.24. The molecule has 0 spiro atoms. The number of ether oxygens (including phenoxy) is 2. The second-order valence-corrected chi connectivity index (χ2v) is 8.80. The second kappa shape index (κ2) is 9.35. The number of hydrogen-bond acceptors (Lipinski definition) is 4. The van der Waals surface area contributed by atoms with Crippen molar-refractivity contribution in [3.63, 3.8) is 0 Å². The Kier molecular flexibility index (Phi) is 6.14. The summed E-state index contributed by atoms with van der Waals surface area (Å²) >= 11 is 6.29. The lowest BCUT2D eigenvalue weighted by molar-refractivity contribution is 0.0430. The van der Waals surface area contributed by atoms with Gasteiger partial charge < -0.3 is 14.5 Å². The highest BCUT2D eigenvalue weighted by molar-refractivity contribution is 6.31. The smallest absolute Gasteiger partial charge is 0.119 e. The number of hydrogen-bond donors (Lipinski definition) is 1. The van der Waals surface area contributed by atoms with Crippen molar-refractivity contribution in [3.8, 4) is 5.75 Å². The Morgan fingerprint density at radius 3 is 2.84 bits per heavy atom. The van der Waals surface area contributed by atoms with Gasteiger partial charge in [0, 0.05) is 40.8 Å². The summed E-state index contributed by atoms with van der Waals surface area (Å²) in [5, 5.41) is 9.87. The number of methoxy groups -OCH3 is 1. The third-order valence-corrected chi connectivity index (χ3v) is 6.57. The van der Waals surface area contributed by atoms with Crippen molar-refractivity contribution >= 4 is 22.5 Å². The Bertz CT molecular complexity index is 1170. The van der Waals surface area contributed by atoms with Crippen LogP contribution in [0.25, 0.3) is 10.9 Å². The minimum atomic E-state index is -0.0982. The molecule has 1 N–H and O–H groups in total. The minimum absolute atomic E-state index is 0.0982. The Labute approximate surface area is 192 Å². The molecule has 1 aliphatic carbocycles. The summed E-state index contributed by atoms with van der Waals surface area (Å²) in [6.45, 7) is 1.05. The molecule has 0 fully saturated rings. The van der Waals surface area contributed by atoms with Gasteiger partial charge in [-0.1, -0.05) is 35.4 Å². The molecule has 166 valence electrons. The number of benzene rings is 2. The second-order valence-electron chi connectivity index (χ2n) is 8.37. The first kappa shape index (κ1) is 21.0. The standard InChI is InChI=1S/C25H27ClN4O2/c1-31-20(15-30-13-12-27-29-30)16-32-19-9-6-17(7-10-19)21-4-2-3-5-22-23-14-18(26)8-11-24(23)28-25(21)22/h6-14,20-21,28H,2-5,15-16H2,1H3. The molecule has 2 aromatic carbocycles. The van der Waals surface area contributed by atoms with Crippen molar-refractivity contribution in [2.75, 3.05) is 13.7 Å². The van der Waals surface area contributed by atoms with Crippen LogP contribution < -0.4 is 4.74 Å². The lowest BCUT2D eigenvalue weighted by Gasteiger charge is -2.18. The molecular weight excluding hydrogens is 424 g/mol. The fraction of sp³-hybridized carbons (Fsp3) is 0.360. The van der Waals surface area contributed by atoms with Crippen molar-refractivity contribution in [2.45, 2.75) is 44.2 Å². The molecule has 7 heteroatoms. The van der Waals surface area contributed by atoms with E-state index >= 15 is 0 Å². The predicted molar refractivity (Wildman–Crippen MR) is 125 cm³/mol. The van der Waals surface area contributed by atoms with Crippen LogP contribution in [0, 0.1) is 0 Å². The number of aryl methyl sites for hydroxylation is 1. The first-order valence-electron chi connectivity index (χ1n) is 11.1. The van der Waals surface area contributed by atoms with Gasteiger partial charge in [0.15, 0.2) is 0 Å². The minimum Gasteiger partial charge on any atom is -0.491 e. The maximum Gasteiger partial charge on any atom is 0.119 e. The predicted octanol–water partition coefficient (Wildman–Crippen LogP) is 5.37. The number of nitrogens with zero attached hydrogens (tertiary/aromatic N) is 3. The van der Waals surface area contributed by atoms with Crippen molar-refractivity contribution in [3.05, 3.63) is 76.7 Å². The van der Waals surface area contributed by atoms with E-state index in [-0.39, 0.29) is 6.10 Å². The van der Waals surface area contributed by atoms with Crippen LogP contribution >= 0.6 is 11.6 Å². The van der Waals surface area contributed by atoms with Crippen molar-refractivity contribution in [1.82, 2.24) is 20.0 Å². The summed E-state index contributed by atoms with van der Waals surface area (Å²) in [5.74, 6) is 1.19. The van der Waals surface area contributed by atoms with Crippen LogP contribution in [0.15, 0.2) is 54.9 Å². The molecule has 0 amide bonds. The van der Waals surface area contributed by atoms with E-state index in [0.717, 1.165) is 23.6 Å². The van der Waals surface area contributed by atoms with Gasteiger partial charge in [-0.3, -0.25) is 0 Å². The zero-order valence-electron chi connectivity index (χ0n) is 18.1. The molecule has 0 saturated carbocycles.